The molecule has 0 aliphatic carbocycles. The number of nitrogens with two attached hydrogens (primary N) is 1. The number of nitrogens with zero attached hydrogens (tertiary/aromatic N) is 1. The van der Waals surface area contributed by atoms with Gasteiger partial charge in [-0.05, 0) is 12.1 Å². The number of anilines is 1. The van der Waals surface area contributed by atoms with Crippen molar-refractivity contribution in [1.29, 1.82) is 0 Å². The number of carbonyl (C=O) groups is 1. The molecule has 4 nitrogen and oxygen atoms in total. The van der Waals surface area contributed by atoms with Crippen molar-refractivity contribution >= 4 is 40.6 Å². The summed E-state index contributed by atoms with van der Waals surface area (Å²) in [7, 11) is 0. The number of rotatable bonds is 4. The summed E-state index contributed by atoms with van der Waals surface area (Å²) in [4.78, 5) is 14.5. The lowest BCUT2D eigenvalue weighted by molar-refractivity contribution is -0.117. The van der Waals surface area contributed by atoms with Gasteiger partial charge in [-0.2, -0.15) is 11.8 Å². The van der Waals surface area contributed by atoms with Gasteiger partial charge in [0, 0.05) is 30.2 Å². The van der Waals surface area contributed by atoms with Crippen molar-refractivity contribution in [3.8, 4) is 0 Å². The number of para-hydroxylation sites is 1. The Kier molecular flexibility index (Phi) is 5.18. The maximum Gasteiger partial charge on any atom is 0.238 e. The summed E-state index contributed by atoms with van der Waals surface area (Å²) in [5.74, 6) is 2.17. The predicted molar refractivity (Wildman–Crippen MR) is 84.7 cm³/mol. The average Bonchev–Trinajstić information content (AvgIpc) is 2.40. The first-order valence-electron chi connectivity index (χ1n) is 6.15. The number of carbonyl (C=O) groups excluding carboxylic acids is 1. The van der Waals surface area contributed by atoms with Crippen LogP contribution in [0.15, 0.2) is 24.3 Å². The molecule has 3 N–H and O–H groups in total. The molecule has 1 aromatic rings. The Morgan fingerprint density at radius 3 is 2.74 bits per heavy atom. The first-order valence-corrected chi connectivity index (χ1v) is 7.72. The maximum absolute atomic E-state index is 12.0. The van der Waals surface area contributed by atoms with Gasteiger partial charge < -0.3 is 11.1 Å². The molecule has 1 aliphatic heterocycles. The summed E-state index contributed by atoms with van der Waals surface area (Å²) >= 11 is 6.91. The lowest BCUT2D eigenvalue weighted by Gasteiger charge is -2.25. The van der Waals surface area contributed by atoms with Crippen molar-refractivity contribution in [3.05, 3.63) is 29.8 Å². The normalized spacial score (nSPS) is 16.0. The molecule has 1 heterocycles. The molecule has 6 heteroatoms. The minimum atomic E-state index is -0.0180. The number of nitrogens with one attached hydrogen (secondary N) is 1. The van der Waals surface area contributed by atoms with Crippen LogP contribution in [0.3, 0.4) is 0 Å². The standard InChI is InChI=1S/C13H17N3OS2/c14-13(18)10-3-1-2-4-11(10)15-12(17)9-16-5-7-19-8-6-16/h1-4H,5-9H2,(H2,14,18)(H,15,17). The number of hydrogen-bond donors (Lipinski definition) is 2. The molecule has 19 heavy (non-hydrogen) atoms. The molecule has 0 spiro atoms. The molecule has 1 amide bonds. The molecule has 2 rings (SSSR count). The van der Waals surface area contributed by atoms with Crippen LogP contribution in [0.5, 0.6) is 0 Å². The van der Waals surface area contributed by atoms with Crippen LogP contribution in [-0.2, 0) is 4.79 Å². The van der Waals surface area contributed by atoms with Gasteiger partial charge in [0.25, 0.3) is 0 Å². The number of thioether (sulfide) groups is 1. The van der Waals surface area contributed by atoms with Gasteiger partial charge in [0.2, 0.25) is 5.91 Å². The highest BCUT2D eigenvalue weighted by Gasteiger charge is 2.15. The molecule has 102 valence electrons. The smallest absolute Gasteiger partial charge is 0.238 e. The van der Waals surface area contributed by atoms with Crippen LogP contribution in [0.4, 0.5) is 5.69 Å². The van der Waals surface area contributed by atoms with Crippen molar-refractivity contribution in [2.24, 2.45) is 5.73 Å². The second kappa shape index (κ2) is 6.88. The van der Waals surface area contributed by atoms with E-state index in [9.17, 15) is 4.79 Å². The summed E-state index contributed by atoms with van der Waals surface area (Å²) in [5, 5.41) is 2.88. The Morgan fingerprint density at radius 1 is 1.37 bits per heavy atom. The molecule has 0 aromatic heterocycles. The number of hydrogen-bond acceptors (Lipinski definition) is 4. The third kappa shape index (κ3) is 4.19. The minimum absolute atomic E-state index is 0.0180. The summed E-state index contributed by atoms with van der Waals surface area (Å²) in [6.07, 6.45) is 0. The molecule has 1 aromatic carbocycles. The Labute approximate surface area is 122 Å². The highest BCUT2D eigenvalue weighted by atomic mass is 32.2. The SMILES string of the molecule is NC(=S)c1ccccc1NC(=O)CN1CCSCC1. The monoisotopic (exact) mass is 295 g/mol. The Bertz CT molecular complexity index is 473. The van der Waals surface area contributed by atoms with Crippen molar-refractivity contribution in [3.63, 3.8) is 0 Å². The number of thiocarbonyl (C=S) groups is 1. The molecular weight excluding hydrogens is 278 g/mol. The lowest BCUT2D eigenvalue weighted by Crippen LogP contribution is -2.38. The Hall–Kier alpha value is -1.11. The fourth-order valence-corrected chi connectivity index (χ4v) is 3.12. The van der Waals surface area contributed by atoms with E-state index in [4.69, 9.17) is 18.0 Å². The van der Waals surface area contributed by atoms with E-state index in [1.165, 1.54) is 0 Å². The second-order valence-corrected chi connectivity index (χ2v) is 6.01. The van der Waals surface area contributed by atoms with E-state index in [1.807, 2.05) is 36.0 Å². The minimum Gasteiger partial charge on any atom is -0.389 e. The first-order chi connectivity index (χ1) is 9.16. The Balaban J connectivity index is 1.96. The van der Waals surface area contributed by atoms with Gasteiger partial charge in [-0.25, -0.2) is 0 Å². The number of benzene rings is 1. The van der Waals surface area contributed by atoms with Gasteiger partial charge >= 0.3 is 0 Å². The summed E-state index contributed by atoms with van der Waals surface area (Å²) in [5.41, 5.74) is 7.04. The van der Waals surface area contributed by atoms with E-state index >= 15 is 0 Å². The Morgan fingerprint density at radius 2 is 2.05 bits per heavy atom. The lowest BCUT2D eigenvalue weighted by atomic mass is 10.2. The second-order valence-electron chi connectivity index (χ2n) is 4.35. The zero-order valence-corrected chi connectivity index (χ0v) is 12.2. The largest absolute Gasteiger partial charge is 0.389 e. The zero-order valence-electron chi connectivity index (χ0n) is 10.6. The highest BCUT2D eigenvalue weighted by Crippen LogP contribution is 2.15. The van der Waals surface area contributed by atoms with Crippen molar-refractivity contribution in [2.75, 3.05) is 36.5 Å². The molecular formula is C13H17N3OS2. The van der Waals surface area contributed by atoms with Crippen LogP contribution in [0, 0.1) is 0 Å². The van der Waals surface area contributed by atoms with Crippen LogP contribution in [0.25, 0.3) is 0 Å². The van der Waals surface area contributed by atoms with Crippen LogP contribution >= 0.6 is 24.0 Å². The molecule has 0 radical (unpaired) electrons. The van der Waals surface area contributed by atoms with Gasteiger partial charge in [0.1, 0.15) is 4.99 Å². The van der Waals surface area contributed by atoms with Gasteiger partial charge in [0.15, 0.2) is 0 Å². The van der Waals surface area contributed by atoms with Gasteiger partial charge in [0.05, 0.1) is 12.2 Å². The maximum atomic E-state index is 12.0. The molecule has 1 saturated heterocycles. The quantitative estimate of drug-likeness (QED) is 0.820. The van der Waals surface area contributed by atoms with Crippen LogP contribution in [0.2, 0.25) is 0 Å². The molecule has 1 fully saturated rings. The summed E-state index contributed by atoms with van der Waals surface area (Å²) in [6, 6.07) is 7.34. The van der Waals surface area contributed by atoms with Gasteiger partial charge in [-0.1, -0.05) is 24.4 Å². The molecule has 1 aliphatic rings. The molecule has 0 atom stereocenters. The van der Waals surface area contributed by atoms with Crippen molar-refractivity contribution < 1.29 is 4.79 Å². The average molecular weight is 295 g/mol. The van der Waals surface area contributed by atoms with Crippen LogP contribution < -0.4 is 11.1 Å². The van der Waals surface area contributed by atoms with E-state index < -0.39 is 0 Å². The number of amides is 1. The predicted octanol–water partition coefficient (Wildman–Crippen LogP) is 1.31. The van der Waals surface area contributed by atoms with E-state index in [1.54, 1.807) is 0 Å². The van der Waals surface area contributed by atoms with Crippen LogP contribution in [0.1, 0.15) is 5.56 Å². The van der Waals surface area contributed by atoms with E-state index in [0.29, 0.717) is 22.8 Å². The van der Waals surface area contributed by atoms with Crippen LogP contribution in [-0.4, -0.2) is 46.9 Å². The summed E-state index contributed by atoms with van der Waals surface area (Å²) < 4.78 is 0. The van der Waals surface area contributed by atoms with Crippen molar-refractivity contribution in [2.45, 2.75) is 0 Å². The molecule has 0 unspecified atom stereocenters. The van der Waals surface area contributed by atoms with E-state index in [0.717, 1.165) is 24.6 Å². The van der Waals surface area contributed by atoms with E-state index in [-0.39, 0.29) is 5.91 Å². The third-order valence-electron chi connectivity index (χ3n) is 2.94. The summed E-state index contributed by atoms with van der Waals surface area (Å²) in [6.45, 7) is 2.36. The first kappa shape index (κ1) is 14.3. The molecule has 0 saturated carbocycles. The zero-order chi connectivity index (χ0) is 13.7. The molecule has 0 bridgehead atoms. The van der Waals surface area contributed by atoms with Crippen molar-refractivity contribution in [1.82, 2.24) is 4.90 Å². The fourth-order valence-electron chi connectivity index (χ4n) is 1.96. The third-order valence-corrected chi connectivity index (χ3v) is 4.10. The fraction of sp³-hybridized carbons (Fsp3) is 0.385. The van der Waals surface area contributed by atoms with E-state index in [2.05, 4.69) is 10.2 Å². The topological polar surface area (TPSA) is 58.4 Å². The van der Waals surface area contributed by atoms with Gasteiger partial charge in [-0.3, -0.25) is 9.69 Å². The van der Waals surface area contributed by atoms with Gasteiger partial charge in [-0.15, -0.1) is 0 Å². The highest BCUT2D eigenvalue weighted by molar-refractivity contribution is 7.99.